The molecule has 0 fully saturated rings. The van der Waals surface area contributed by atoms with E-state index in [1.54, 1.807) is 0 Å². The zero-order chi connectivity index (χ0) is 15.4. The van der Waals surface area contributed by atoms with Crippen molar-refractivity contribution >= 4 is 17.3 Å². The minimum atomic E-state index is 0.257. The average Bonchev–Trinajstić information content (AvgIpc) is 2.47. The molecule has 0 aliphatic carbocycles. The summed E-state index contributed by atoms with van der Waals surface area (Å²) in [4.78, 5) is 2.11. The van der Waals surface area contributed by atoms with Gasteiger partial charge in [0.15, 0.2) is 0 Å². The van der Waals surface area contributed by atoms with E-state index < -0.39 is 0 Å². The molecule has 2 rings (SSSR count). The predicted octanol–water partition coefficient (Wildman–Crippen LogP) is 4.82. The molecular formula is C18H23ClN2. The lowest BCUT2D eigenvalue weighted by molar-refractivity contribution is 0.495. The summed E-state index contributed by atoms with van der Waals surface area (Å²) in [5.74, 6) is 0. The third-order valence-corrected chi connectivity index (χ3v) is 3.99. The van der Waals surface area contributed by atoms with Crippen molar-refractivity contribution in [1.82, 2.24) is 5.32 Å². The molecule has 21 heavy (non-hydrogen) atoms. The first-order valence-electron chi connectivity index (χ1n) is 7.26. The highest BCUT2D eigenvalue weighted by molar-refractivity contribution is 6.30. The zero-order valence-corrected chi connectivity index (χ0v) is 13.9. The van der Waals surface area contributed by atoms with Crippen molar-refractivity contribution in [3.05, 3.63) is 64.7 Å². The predicted molar refractivity (Wildman–Crippen MR) is 92.2 cm³/mol. The van der Waals surface area contributed by atoms with Crippen LogP contribution in [0.5, 0.6) is 0 Å². The minimum absolute atomic E-state index is 0.257. The van der Waals surface area contributed by atoms with Gasteiger partial charge in [0.05, 0.1) is 0 Å². The van der Waals surface area contributed by atoms with Crippen LogP contribution in [0.15, 0.2) is 48.5 Å². The van der Waals surface area contributed by atoms with Crippen LogP contribution in [0.25, 0.3) is 0 Å². The van der Waals surface area contributed by atoms with Gasteiger partial charge in [-0.15, -0.1) is 0 Å². The molecule has 0 aromatic heterocycles. The van der Waals surface area contributed by atoms with E-state index in [-0.39, 0.29) is 12.1 Å². The van der Waals surface area contributed by atoms with Gasteiger partial charge in [0.25, 0.3) is 0 Å². The SMILES string of the molecule is CC(NC(C)c1cccc(Cl)c1)c1ccc(N(C)C)cc1. The van der Waals surface area contributed by atoms with E-state index >= 15 is 0 Å². The van der Waals surface area contributed by atoms with Crippen molar-refractivity contribution in [1.29, 1.82) is 0 Å². The maximum absolute atomic E-state index is 6.06. The van der Waals surface area contributed by atoms with Crippen LogP contribution in [0.4, 0.5) is 5.69 Å². The lowest BCUT2D eigenvalue weighted by atomic mass is 10.0. The monoisotopic (exact) mass is 302 g/mol. The Morgan fingerprint density at radius 1 is 0.905 bits per heavy atom. The van der Waals surface area contributed by atoms with E-state index in [1.165, 1.54) is 16.8 Å². The third-order valence-electron chi connectivity index (χ3n) is 3.76. The lowest BCUT2D eigenvalue weighted by Gasteiger charge is -2.22. The molecule has 0 saturated carbocycles. The van der Waals surface area contributed by atoms with Crippen LogP contribution in [0.1, 0.15) is 37.1 Å². The van der Waals surface area contributed by atoms with E-state index in [4.69, 9.17) is 11.6 Å². The minimum Gasteiger partial charge on any atom is -0.378 e. The molecule has 2 unspecified atom stereocenters. The average molecular weight is 303 g/mol. The molecule has 112 valence electrons. The maximum atomic E-state index is 6.06. The van der Waals surface area contributed by atoms with Gasteiger partial charge in [-0.25, -0.2) is 0 Å². The zero-order valence-electron chi connectivity index (χ0n) is 13.1. The highest BCUT2D eigenvalue weighted by atomic mass is 35.5. The van der Waals surface area contributed by atoms with Crippen LogP contribution in [-0.4, -0.2) is 14.1 Å². The fraction of sp³-hybridized carbons (Fsp3) is 0.333. The fourth-order valence-corrected chi connectivity index (χ4v) is 2.60. The van der Waals surface area contributed by atoms with Gasteiger partial charge in [0.2, 0.25) is 0 Å². The summed E-state index contributed by atoms with van der Waals surface area (Å²) in [7, 11) is 4.11. The summed E-state index contributed by atoms with van der Waals surface area (Å²) in [6.07, 6.45) is 0. The van der Waals surface area contributed by atoms with E-state index in [0.717, 1.165) is 5.02 Å². The molecule has 2 aromatic rings. The second-order valence-electron chi connectivity index (χ2n) is 5.65. The molecule has 0 radical (unpaired) electrons. The normalized spacial score (nSPS) is 13.8. The fourth-order valence-electron chi connectivity index (χ4n) is 2.40. The molecule has 1 N–H and O–H groups in total. The van der Waals surface area contributed by atoms with Crippen molar-refractivity contribution in [3.63, 3.8) is 0 Å². The van der Waals surface area contributed by atoms with Crippen molar-refractivity contribution in [2.24, 2.45) is 0 Å². The largest absolute Gasteiger partial charge is 0.378 e. The molecular weight excluding hydrogens is 280 g/mol. The molecule has 0 spiro atoms. The van der Waals surface area contributed by atoms with Gasteiger partial charge < -0.3 is 10.2 Å². The highest BCUT2D eigenvalue weighted by Gasteiger charge is 2.11. The number of hydrogen-bond acceptors (Lipinski definition) is 2. The van der Waals surface area contributed by atoms with Crippen LogP contribution in [0, 0.1) is 0 Å². The van der Waals surface area contributed by atoms with E-state index in [1.807, 2.05) is 18.2 Å². The summed E-state index contributed by atoms with van der Waals surface area (Å²) in [5.41, 5.74) is 3.71. The van der Waals surface area contributed by atoms with Crippen LogP contribution >= 0.6 is 11.6 Å². The quantitative estimate of drug-likeness (QED) is 0.852. The number of hydrogen-bond donors (Lipinski definition) is 1. The highest BCUT2D eigenvalue weighted by Crippen LogP contribution is 2.23. The Bertz CT molecular complexity index is 578. The maximum Gasteiger partial charge on any atom is 0.0409 e. The molecule has 0 amide bonds. The molecule has 0 aliphatic rings. The smallest absolute Gasteiger partial charge is 0.0409 e. The Balaban J connectivity index is 2.05. The Labute approximate surface area is 132 Å². The Morgan fingerprint density at radius 2 is 1.52 bits per heavy atom. The van der Waals surface area contributed by atoms with Crippen molar-refractivity contribution in [2.75, 3.05) is 19.0 Å². The van der Waals surface area contributed by atoms with E-state index in [0.29, 0.717) is 0 Å². The first kappa shape index (κ1) is 15.9. The Hall–Kier alpha value is -1.51. The topological polar surface area (TPSA) is 15.3 Å². The van der Waals surface area contributed by atoms with Gasteiger partial charge in [-0.05, 0) is 49.2 Å². The number of nitrogens with one attached hydrogen (secondary N) is 1. The van der Waals surface area contributed by atoms with Gasteiger partial charge in [-0.3, -0.25) is 0 Å². The summed E-state index contributed by atoms with van der Waals surface area (Å²) in [6, 6.07) is 17.2. The molecule has 0 heterocycles. The number of rotatable bonds is 5. The number of halogens is 1. The second kappa shape index (κ2) is 6.97. The molecule has 2 nitrogen and oxygen atoms in total. The van der Waals surface area contributed by atoms with Crippen LogP contribution in [0.2, 0.25) is 5.02 Å². The summed E-state index contributed by atoms with van der Waals surface area (Å²) in [5, 5.41) is 4.40. The lowest BCUT2D eigenvalue weighted by Crippen LogP contribution is -2.22. The van der Waals surface area contributed by atoms with Crippen LogP contribution in [-0.2, 0) is 0 Å². The molecule has 2 aromatic carbocycles. The van der Waals surface area contributed by atoms with Crippen molar-refractivity contribution in [2.45, 2.75) is 25.9 Å². The Morgan fingerprint density at radius 3 is 2.10 bits per heavy atom. The third kappa shape index (κ3) is 4.23. The van der Waals surface area contributed by atoms with Gasteiger partial charge in [0, 0.05) is 36.9 Å². The van der Waals surface area contributed by atoms with Gasteiger partial charge in [-0.1, -0.05) is 35.9 Å². The molecule has 0 saturated heterocycles. The second-order valence-corrected chi connectivity index (χ2v) is 6.09. The van der Waals surface area contributed by atoms with E-state index in [9.17, 15) is 0 Å². The van der Waals surface area contributed by atoms with Crippen molar-refractivity contribution in [3.8, 4) is 0 Å². The first-order valence-corrected chi connectivity index (χ1v) is 7.64. The molecule has 0 bridgehead atoms. The van der Waals surface area contributed by atoms with Gasteiger partial charge >= 0.3 is 0 Å². The van der Waals surface area contributed by atoms with Gasteiger partial charge in [-0.2, -0.15) is 0 Å². The number of anilines is 1. The summed E-state index contributed by atoms with van der Waals surface area (Å²) in [6.45, 7) is 4.35. The number of nitrogens with zero attached hydrogens (tertiary/aromatic N) is 1. The molecule has 3 heteroatoms. The van der Waals surface area contributed by atoms with Crippen LogP contribution in [0.3, 0.4) is 0 Å². The number of benzene rings is 2. The Kier molecular flexibility index (Phi) is 5.27. The van der Waals surface area contributed by atoms with Gasteiger partial charge in [0.1, 0.15) is 0 Å². The summed E-state index contributed by atoms with van der Waals surface area (Å²) < 4.78 is 0. The molecule has 2 atom stereocenters. The summed E-state index contributed by atoms with van der Waals surface area (Å²) >= 11 is 6.06. The first-order chi connectivity index (χ1) is 9.97. The van der Waals surface area contributed by atoms with E-state index in [2.05, 4.69) is 68.5 Å². The van der Waals surface area contributed by atoms with Crippen LogP contribution < -0.4 is 10.2 Å². The standard InChI is InChI=1S/C18H23ClN2/c1-13(15-8-10-18(11-9-15)21(3)4)20-14(2)16-6-5-7-17(19)12-16/h5-14,20H,1-4H3. The molecule has 0 aliphatic heterocycles. The van der Waals surface area contributed by atoms with Crippen molar-refractivity contribution < 1.29 is 0 Å².